The van der Waals surface area contributed by atoms with Crippen LogP contribution in [0.3, 0.4) is 0 Å². The molecule has 0 heterocycles. The lowest BCUT2D eigenvalue weighted by Gasteiger charge is -2.25. The van der Waals surface area contributed by atoms with E-state index in [4.69, 9.17) is 16.3 Å². The van der Waals surface area contributed by atoms with Crippen molar-refractivity contribution in [3.8, 4) is 5.75 Å². The van der Waals surface area contributed by atoms with E-state index in [1.54, 1.807) is 12.1 Å². The lowest BCUT2D eigenvalue weighted by atomic mass is 9.86. The van der Waals surface area contributed by atoms with Crippen molar-refractivity contribution in [1.29, 1.82) is 0 Å². The van der Waals surface area contributed by atoms with Gasteiger partial charge in [0, 0.05) is 11.4 Å². The molecule has 0 spiro atoms. The minimum atomic E-state index is -0.988. The molecule has 2 aromatic carbocycles. The van der Waals surface area contributed by atoms with E-state index < -0.39 is 12.1 Å². The van der Waals surface area contributed by atoms with E-state index in [0.717, 1.165) is 16.7 Å². The predicted molar refractivity (Wildman–Crippen MR) is 97.1 cm³/mol. The van der Waals surface area contributed by atoms with Gasteiger partial charge in [-0.15, -0.1) is 0 Å². The number of carboxylic acid groups (broad SMARTS) is 1. The Morgan fingerprint density at radius 2 is 1.88 bits per heavy atom. The van der Waals surface area contributed by atoms with Crippen LogP contribution >= 0.6 is 11.6 Å². The van der Waals surface area contributed by atoms with Crippen molar-refractivity contribution in [3.63, 3.8) is 0 Å². The Morgan fingerprint density at radius 1 is 1.21 bits per heavy atom. The molecule has 0 aliphatic rings. The molecule has 0 aliphatic heterocycles. The van der Waals surface area contributed by atoms with Gasteiger partial charge in [0.05, 0.1) is 0 Å². The second-order valence-electron chi connectivity index (χ2n) is 6.97. The van der Waals surface area contributed by atoms with Gasteiger partial charge in [-0.1, -0.05) is 56.6 Å². The highest BCUT2D eigenvalue weighted by atomic mass is 35.5. The summed E-state index contributed by atoms with van der Waals surface area (Å²) in [5.41, 5.74) is 2.73. The number of hydrogen-bond acceptors (Lipinski definition) is 2. The normalized spacial score (nSPS) is 12.7. The van der Waals surface area contributed by atoms with Crippen LogP contribution in [0, 0.1) is 6.92 Å². The number of ether oxygens (including phenoxy) is 1. The summed E-state index contributed by atoms with van der Waals surface area (Å²) in [4.78, 5) is 11.7. The molecule has 0 amide bonds. The van der Waals surface area contributed by atoms with Crippen LogP contribution in [0.1, 0.15) is 37.5 Å². The smallest absolute Gasteiger partial charge is 0.345 e. The second-order valence-corrected chi connectivity index (χ2v) is 7.40. The van der Waals surface area contributed by atoms with Gasteiger partial charge in [-0.2, -0.15) is 0 Å². The maximum Gasteiger partial charge on any atom is 0.345 e. The lowest BCUT2D eigenvalue weighted by molar-refractivity contribution is -0.145. The number of carboxylic acids is 1. The van der Waals surface area contributed by atoms with Crippen molar-refractivity contribution in [2.75, 3.05) is 0 Å². The number of rotatable bonds is 5. The van der Waals surface area contributed by atoms with E-state index in [-0.39, 0.29) is 11.8 Å². The maximum absolute atomic E-state index is 11.7. The SMILES string of the molecule is Cc1ccc(Cl)cc1C[C@H](Oc1ccccc1C(C)(C)C)C(=O)O. The molecule has 3 nitrogen and oxygen atoms in total. The largest absolute Gasteiger partial charge is 0.478 e. The lowest BCUT2D eigenvalue weighted by Crippen LogP contribution is -2.30. The molecule has 128 valence electrons. The molecule has 24 heavy (non-hydrogen) atoms. The Morgan fingerprint density at radius 3 is 2.50 bits per heavy atom. The summed E-state index contributed by atoms with van der Waals surface area (Å²) in [6.07, 6.45) is -0.703. The van der Waals surface area contributed by atoms with Crippen molar-refractivity contribution in [1.82, 2.24) is 0 Å². The van der Waals surface area contributed by atoms with Gasteiger partial charge in [-0.05, 0) is 47.2 Å². The summed E-state index contributed by atoms with van der Waals surface area (Å²) < 4.78 is 5.89. The molecule has 0 saturated carbocycles. The minimum absolute atomic E-state index is 0.133. The first-order valence-corrected chi connectivity index (χ1v) is 8.30. The van der Waals surface area contributed by atoms with E-state index >= 15 is 0 Å². The highest BCUT2D eigenvalue weighted by molar-refractivity contribution is 6.30. The average Bonchev–Trinajstić information content (AvgIpc) is 2.49. The van der Waals surface area contributed by atoms with Gasteiger partial charge in [0.25, 0.3) is 0 Å². The van der Waals surface area contributed by atoms with E-state index in [2.05, 4.69) is 20.8 Å². The Bertz CT molecular complexity index is 732. The van der Waals surface area contributed by atoms with Crippen molar-refractivity contribution in [2.45, 2.75) is 45.6 Å². The van der Waals surface area contributed by atoms with Crippen LogP contribution in [0.15, 0.2) is 42.5 Å². The van der Waals surface area contributed by atoms with E-state index in [1.165, 1.54) is 0 Å². The summed E-state index contributed by atoms with van der Waals surface area (Å²) in [5, 5.41) is 10.2. The molecule has 2 aromatic rings. The summed E-state index contributed by atoms with van der Waals surface area (Å²) in [6, 6.07) is 13.1. The number of benzene rings is 2. The number of carbonyl (C=O) groups is 1. The van der Waals surface area contributed by atoms with Crippen LogP contribution in [0.25, 0.3) is 0 Å². The van der Waals surface area contributed by atoms with Gasteiger partial charge >= 0.3 is 5.97 Å². The molecule has 0 bridgehead atoms. The van der Waals surface area contributed by atoms with Crippen molar-refractivity contribution < 1.29 is 14.6 Å². The number of hydrogen-bond donors (Lipinski definition) is 1. The fourth-order valence-corrected chi connectivity index (χ4v) is 2.78. The molecule has 1 atom stereocenters. The highest BCUT2D eigenvalue weighted by Crippen LogP contribution is 2.32. The molecule has 0 saturated heterocycles. The van der Waals surface area contributed by atoms with Crippen LogP contribution < -0.4 is 4.74 Å². The van der Waals surface area contributed by atoms with Gasteiger partial charge < -0.3 is 9.84 Å². The fourth-order valence-electron chi connectivity index (χ4n) is 2.58. The first kappa shape index (κ1) is 18.3. The average molecular weight is 347 g/mol. The predicted octanol–water partition coefficient (Wildman–Crippen LogP) is 5.02. The minimum Gasteiger partial charge on any atom is -0.478 e. The van der Waals surface area contributed by atoms with Gasteiger partial charge in [0.1, 0.15) is 5.75 Å². The van der Waals surface area contributed by atoms with E-state index in [9.17, 15) is 9.90 Å². The molecule has 4 heteroatoms. The Hall–Kier alpha value is -2.00. The van der Waals surface area contributed by atoms with Crippen LogP contribution in [-0.2, 0) is 16.6 Å². The summed E-state index contributed by atoms with van der Waals surface area (Å²) in [6.45, 7) is 8.16. The van der Waals surface area contributed by atoms with E-state index in [1.807, 2.05) is 37.3 Å². The molecule has 0 fully saturated rings. The Kier molecular flexibility index (Phi) is 5.55. The maximum atomic E-state index is 11.7. The number of aryl methyl sites for hydroxylation is 1. The van der Waals surface area contributed by atoms with Gasteiger partial charge in [0.15, 0.2) is 6.10 Å². The zero-order valence-electron chi connectivity index (χ0n) is 14.5. The van der Waals surface area contributed by atoms with E-state index in [0.29, 0.717) is 10.8 Å². The summed E-state index contributed by atoms with van der Waals surface area (Å²) in [5.74, 6) is -0.379. The van der Waals surface area contributed by atoms with Crippen molar-refractivity contribution >= 4 is 17.6 Å². The highest BCUT2D eigenvalue weighted by Gasteiger charge is 2.25. The molecular formula is C20H23ClO3. The molecule has 1 N–H and O–H groups in total. The number of aliphatic carboxylic acids is 1. The zero-order chi connectivity index (χ0) is 17.9. The standard InChI is InChI=1S/C20H23ClO3/c1-13-9-10-15(21)11-14(13)12-18(19(22)23)24-17-8-6-5-7-16(17)20(2,3)4/h5-11,18H,12H2,1-4H3,(H,22,23)/t18-/m0/s1. The molecule has 2 rings (SSSR count). The summed E-state index contributed by atoms with van der Waals surface area (Å²) in [7, 11) is 0. The topological polar surface area (TPSA) is 46.5 Å². The van der Waals surface area contributed by atoms with Crippen molar-refractivity contribution in [3.05, 3.63) is 64.2 Å². The first-order valence-electron chi connectivity index (χ1n) is 7.92. The number of para-hydroxylation sites is 1. The van der Waals surface area contributed by atoms with Crippen LogP contribution in [-0.4, -0.2) is 17.2 Å². The third kappa shape index (κ3) is 4.51. The Labute approximate surface area is 148 Å². The van der Waals surface area contributed by atoms with Crippen LogP contribution in [0.5, 0.6) is 5.75 Å². The summed E-state index contributed by atoms with van der Waals surface area (Å²) >= 11 is 6.04. The first-order chi connectivity index (χ1) is 11.2. The van der Waals surface area contributed by atoms with Gasteiger partial charge in [-0.3, -0.25) is 0 Å². The second kappa shape index (κ2) is 7.27. The number of halogens is 1. The van der Waals surface area contributed by atoms with Gasteiger partial charge in [-0.25, -0.2) is 4.79 Å². The third-order valence-corrected chi connectivity index (χ3v) is 4.19. The van der Waals surface area contributed by atoms with Crippen molar-refractivity contribution in [2.24, 2.45) is 0 Å². The molecular weight excluding hydrogens is 324 g/mol. The third-order valence-electron chi connectivity index (χ3n) is 3.96. The monoisotopic (exact) mass is 346 g/mol. The van der Waals surface area contributed by atoms with Gasteiger partial charge in [0.2, 0.25) is 0 Å². The zero-order valence-corrected chi connectivity index (χ0v) is 15.2. The fraction of sp³-hybridized carbons (Fsp3) is 0.350. The molecule has 0 aromatic heterocycles. The Balaban J connectivity index is 2.31. The van der Waals surface area contributed by atoms with Crippen LogP contribution in [0.2, 0.25) is 5.02 Å². The van der Waals surface area contributed by atoms with Crippen LogP contribution in [0.4, 0.5) is 0 Å². The molecule has 0 unspecified atom stereocenters. The molecule has 0 aliphatic carbocycles. The quantitative estimate of drug-likeness (QED) is 0.826. The molecule has 0 radical (unpaired) electrons.